The number of hydrogen-bond acceptors (Lipinski definition) is 6. The largest absolute Gasteiger partial charge is 0.369 e. The normalized spacial score (nSPS) is 14.5. The van der Waals surface area contributed by atoms with E-state index in [1.54, 1.807) is 10.9 Å². The van der Waals surface area contributed by atoms with Gasteiger partial charge in [0.15, 0.2) is 0 Å². The number of benzene rings is 4. The molecule has 1 saturated heterocycles. The molecule has 4 aromatic carbocycles. The number of nitrogens with zero attached hydrogens (tertiary/aromatic N) is 7. The van der Waals surface area contributed by atoms with Gasteiger partial charge in [0, 0.05) is 50.2 Å². The van der Waals surface area contributed by atoms with Crippen molar-refractivity contribution >= 4 is 28.3 Å². The first-order valence-corrected chi connectivity index (χ1v) is 16.0. The van der Waals surface area contributed by atoms with Crippen LogP contribution in [0.15, 0.2) is 114 Å². The molecule has 1 N–H and O–H groups in total. The van der Waals surface area contributed by atoms with E-state index in [0.717, 1.165) is 71.2 Å². The Morgan fingerprint density at radius 3 is 2.13 bits per heavy atom. The molecule has 238 valence electrons. The number of rotatable bonds is 8. The molecule has 1 fully saturated rings. The van der Waals surface area contributed by atoms with Crippen LogP contribution in [-0.4, -0.2) is 60.9 Å². The van der Waals surface area contributed by atoms with Crippen molar-refractivity contribution < 1.29 is 4.79 Å². The summed E-state index contributed by atoms with van der Waals surface area (Å²) < 4.78 is 5.13. The highest BCUT2D eigenvalue weighted by molar-refractivity contribution is 5.97. The van der Waals surface area contributed by atoms with E-state index in [1.165, 1.54) is 4.68 Å². The minimum absolute atomic E-state index is 0.00108. The monoisotopic (exact) mass is 626 g/mol. The second kappa shape index (κ2) is 12.7. The van der Waals surface area contributed by atoms with Crippen molar-refractivity contribution in [1.82, 2.24) is 28.8 Å². The van der Waals surface area contributed by atoms with Crippen LogP contribution in [0.2, 0.25) is 0 Å². The van der Waals surface area contributed by atoms with E-state index >= 15 is 0 Å². The van der Waals surface area contributed by atoms with E-state index < -0.39 is 6.04 Å². The van der Waals surface area contributed by atoms with Crippen LogP contribution in [0.1, 0.15) is 31.5 Å². The van der Waals surface area contributed by atoms with E-state index in [1.807, 2.05) is 112 Å². The Bertz CT molecular complexity index is 2060. The summed E-state index contributed by atoms with van der Waals surface area (Å²) in [6, 6.07) is 33.6. The first-order chi connectivity index (χ1) is 22.9. The van der Waals surface area contributed by atoms with Crippen LogP contribution in [0.4, 0.5) is 11.4 Å². The molecule has 0 saturated carbocycles. The first kappa shape index (κ1) is 30.2. The fourth-order valence-corrected chi connectivity index (χ4v) is 6.41. The third-order valence-electron chi connectivity index (χ3n) is 8.90. The molecule has 1 unspecified atom stereocenters. The van der Waals surface area contributed by atoms with Gasteiger partial charge in [-0.1, -0.05) is 60.7 Å². The molecule has 1 aliphatic rings. The van der Waals surface area contributed by atoms with Gasteiger partial charge >= 0.3 is 5.69 Å². The number of aryl methyl sites for hydroxylation is 1. The SMILES string of the molecule is CC(C)n1ncn(-c2ccc(N3CCN(C(C(=O)Nc4ccc5c(c4)nc(-c4ccccc4)n5C)c4ccccc4)CC3)cc2)c1=O. The van der Waals surface area contributed by atoms with Gasteiger partial charge in [-0.3, -0.25) is 9.69 Å². The highest BCUT2D eigenvalue weighted by atomic mass is 16.2. The maximum absolute atomic E-state index is 14.0. The van der Waals surface area contributed by atoms with Gasteiger partial charge < -0.3 is 14.8 Å². The van der Waals surface area contributed by atoms with Gasteiger partial charge in [0.2, 0.25) is 5.91 Å². The fourth-order valence-electron chi connectivity index (χ4n) is 6.41. The van der Waals surface area contributed by atoms with Gasteiger partial charge in [0.05, 0.1) is 22.8 Å². The van der Waals surface area contributed by atoms with Gasteiger partial charge in [-0.05, 0) is 61.9 Å². The van der Waals surface area contributed by atoms with E-state index in [0.29, 0.717) is 0 Å². The predicted molar refractivity (Wildman–Crippen MR) is 186 cm³/mol. The van der Waals surface area contributed by atoms with Gasteiger partial charge in [0.1, 0.15) is 18.2 Å². The van der Waals surface area contributed by atoms with Gasteiger partial charge in [-0.15, -0.1) is 0 Å². The number of fused-ring (bicyclic) bond motifs is 1. The second-order valence-corrected chi connectivity index (χ2v) is 12.2. The Morgan fingerprint density at radius 2 is 1.47 bits per heavy atom. The lowest BCUT2D eigenvalue weighted by Crippen LogP contribution is -2.50. The molecule has 6 aromatic rings. The summed E-state index contributed by atoms with van der Waals surface area (Å²) in [6.07, 6.45) is 1.57. The van der Waals surface area contributed by atoms with Crippen molar-refractivity contribution in [2.75, 3.05) is 36.4 Å². The second-order valence-electron chi connectivity index (χ2n) is 12.2. The van der Waals surface area contributed by atoms with E-state index in [-0.39, 0.29) is 17.6 Å². The summed E-state index contributed by atoms with van der Waals surface area (Å²) in [5.74, 6) is 0.815. The van der Waals surface area contributed by atoms with Gasteiger partial charge in [0.25, 0.3) is 0 Å². The van der Waals surface area contributed by atoms with Crippen molar-refractivity contribution in [1.29, 1.82) is 0 Å². The predicted octanol–water partition coefficient (Wildman–Crippen LogP) is 5.67. The summed E-state index contributed by atoms with van der Waals surface area (Å²) in [4.78, 5) is 36.2. The molecule has 0 aliphatic carbocycles. The van der Waals surface area contributed by atoms with Crippen LogP contribution < -0.4 is 15.9 Å². The maximum atomic E-state index is 14.0. The van der Waals surface area contributed by atoms with Crippen molar-refractivity contribution in [3.8, 4) is 17.1 Å². The van der Waals surface area contributed by atoms with Crippen molar-refractivity contribution in [3.05, 3.63) is 126 Å². The molecule has 10 heteroatoms. The molecular weight excluding hydrogens is 588 g/mol. The summed E-state index contributed by atoms with van der Waals surface area (Å²) in [5.41, 5.74) is 6.27. The first-order valence-electron chi connectivity index (χ1n) is 16.0. The Balaban J connectivity index is 1.07. The standard InChI is InChI=1S/C37H38N8O2/c1-26(2)45-37(47)44(25-38-45)31-17-15-30(16-18-31)42-20-22-43(23-21-42)34(27-10-6-4-7-11-27)36(46)39-29-14-19-33-32(24-29)40-35(41(33)3)28-12-8-5-9-13-28/h4-19,24-26,34H,20-23H2,1-3H3,(H,39,46). The number of carbonyl (C=O) groups is 1. The molecule has 7 rings (SSSR count). The molecular formula is C37H38N8O2. The molecule has 0 bridgehead atoms. The highest BCUT2D eigenvalue weighted by Gasteiger charge is 2.31. The summed E-state index contributed by atoms with van der Waals surface area (Å²) in [7, 11) is 2.01. The average molecular weight is 627 g/mol. The van der Waals surface area contributed by atoms with Crippen molar-refractivity contribution in [2.45, 2.75) is 25.9 Å². The number of aromatic nitrogens is 5. The molecule has 47 heavy (non-hydrogen) atoms. The van der Waals surface area contributed by atoms with E-state index in [9.17, 15) is 9.59 Å². The third kappa shape index (κ3) is 5.95. The van der Waals surface area contributed by atoms with E-state index in [4.69, 9.17) is 4.98 Å². The topological polar surface area (TPSA) is 93.2 Å². The number of nitrogens with one attached hydrogen (secondary N) is 1. The minimum Gasteiger partial charge on any atom is -0.369 e. The lowest BCUT2D eigenvalue weighted by molar-refractivity contribution is -0.121. The number of imidazole rings is 1. The van der Waals surface area contributed by atoms with Crippen LogP contribution in [0.5, 0.6) is 0 Å². The third-order valence-corrected chi connectivity index (χ3v) is 8.90. The smallest absolute Gasteiger partial charge is 0.350 e. The Labute approximate surface area is 273 Å². The van der Waals surface area contributed by atoms with Gasteiger partial charge in [-0.25, -0.2) is 19.0 Å². The van der Waals surface area contributed by atoms with Crippen LogP contribution >= 0.6 is 0 Å². The zero-order valence-corrected chi connectivity index (χ0v) is 26.8. The van der Waals surface area contributed by atoms with Crippen LogP contribution in [0.3, 0.4) is 0 Å². The highest BCUT2D eigenvalue weighted by Crippen LogP contribution is 2.29. The summed E-state index contributed by atoms with van der Waals surface area (Å²) in [5, 5.41) is 7.44. The van der Waals surface area contributed by atoms with E-state index in [2.05, 4.69) is 36.9 Å². The number of amides is 1. The molecule has 10 nitrogen and oxygen atoms in total. The van der Waals surface area contributed by atoms with Crippen LogP contribution in [0.25, 0.3) is 28.1 Å². The zero-order chi connectivity index (χ0) is 32.5. The summed E-state index contributed by atoms with van der Waals surface area (Å²) in [6.45, 7) is 6.85. The molecule has 1 amide bonds. The number of carbonyl (C=O) groups excluding carboxylic acids is 1. The minimum atomic E-state index is -0.440. The maximum Gasteiger partial charge on any atom is 0.350 e. The molecule has 1 aliphatic heterocycles. The zero-order valence-electron chi connectivity index (χ0n) is 26.8. The van der Waals surface area contributed by atoms with Crippen LogP contribution in [0, 0.1) is 0 Å². The number of hydrogen-bond donors (Lipinski definition) is 1. The lowest BCUT2D eigenvalue weighted by atomic mass is 10.0. The molecule has 0 spiro atoms. The Kier molecular flexibility index (Phi) is 8.17. The van der Waals surface area contributed by atoms with Gasteiger partial charge in [-0.2, -0.15) is 5.10 Å². The molecule has 0 radical (unpaired) electrons. The fraction of sp³-hybridized carbons (Fsp3) is 0.243. The molecule has 2 aromatic heterocycles. The van der Waals surface area contributed by atoms with Crippen molar-refractivity contribution in [2.24, 2.45) is 7.05 Å². The summed E-state index contributed by atoms with van der Waals surface area (Å²) >= 11 is 0. The Morgan fingerprint density at radius 1 is 0.809 bits per heavy atom. The van der Waals surface area contributed by atoms with Crippen molar-refractivity contribution in [3.63, 3.8) is 0 Å². The number of anilines is 2. The molecule has 1 atom stereocenters. The Hall–Kier alpha value is -5.48. The lowest BCUT2D eigenvalue weighted by Gasteiger charge is -2.39. The number of piperazine rings is 1. The average Bonchev–Trinajstić information content (AvgIpc) is 3.65. The quantitative estimate of drug-likeness (QED) is 0.234. The molecule has 3 heterocycles. The van der Waals surface area contributed by atoms with Crippen LogP contribution in [-0.2, 0) is 11.8 Å².